The van der Waals surface area contributed by atoms with Gasteiger partial charge >= 0.3 is 0 Å². The number of hydrogen-bond donors (Lipinski definition) is 20. The lowest BCUT2D eigenvalue weighted by Gasteiger charge is -2.42. The van der Waals surface area contributed by atoms with E-state index < -0.39 is 152 Å². The van der Waals surface area contributed by atoms with Crippen LogP contribution in [0.3, 0.4) is 0 Å². The molecule has 26 atom stereocenters. The number of ketones is 1. The highest BCUT2D eigenvalue weighted by molar-refractivity contribution is 5.79. The fourth-order valence-electron chi connectivity index (χ4n) is 12.4. The van der Waals surface area contributed by atoms with E-state index in [1.54, 1.807) is 32.9 Å². The van der Waals surface area contributed by atoms with Crippen LogP contribution >= 0.6 is 0 Å². The Bertz CT molecular complexity index is 2300. The number of hydrogen-bond acceptors (Lipinski definition) is 23. The van der Waals surface area contributed by atoms with Gasteiger partial charge in [0.2, 0.25) is 0 Å². The van der Waals surface area contributed by atoms with Crippen LogP contribution in [-0.2, 0) is 14.3 Å². The number of carbonyl (C=O) groups excluding carboxylic acids is 1. The van der Waals surface area contributed by atoms with Crippen LogP contribution in [0.4, 0.5) is 0 Å². The average Bonchev–Trinajstić information content (AvgIpc) is 0.817. The van der Waals surface area contributed by atoms with Crippen molar-refractivity contribution in [1.29, 1.82) is 0 Å². The molecule has 2 saturated heterocycles. The molecule has 2 aliphatic rings. The predicted octanol–water partition coefficient (Wildman–Crippen LogP) is 3.46. The Morgan fingerprint density at radius 3 is 1.69 bits per heavy atom. The Hall–Kier alpha value is -3.29. The van der Waals surface area contributed by atoms with Crippen molar-refractivity contribution in [2.45, 2.75) is 335 Å². The fourth-order valence-corrected chi connectivity index (χ4v) is 12.4. The minimum Gasteiger partial charge on any atom is -0.394 e. The van der Waals surface area contributed by atoms with Crippen molar-refractivity contribution in [2.24, 2.45) is 17.8 Å². The lowest BCUT2D eigenvalue weighted by atomic mass is 9.84. The Morgan fingerprint density at radius 2 is 1.06 bits per heavy atom. The van der Waals surface area contributed by atoms with Gasteiger partial charge < -0.3 is 112 Å². The molecule has 0 bridgehead atoms. The zero-order valence-electron chi connectivity index (χ0n) is 58.1. The topological polar surface area (TPSA) is 440 Å². The number of aliphatic hydroxyl groups is 20. The maximum Gasteiger partial charge on any atom is 0.138 e. The quantitative estimate of drug-likeness (QED) is 0.0235. The number of ether oxygens (including phenoxy) is 2. The molecular weight excluding hydrogens is 1260 g/mol. The second kappa shape index (κ2) is 50.1. The molecule has 97 heavy (non-hydrogen) atoms. The number of unbranched alkanes of at least 4 members (excludes halogenated alkanes) is 4. The monoisotopic (exact) mass is 1380 g/mol. The largest absolute Gasteiger partial charge is 0.394 e. The molecule has 2 rings (SSSR count). The molecule has 0 saturated carbocycles. The lowest BCUT2D eigenvalue weighted by molar-refractivity contribution is -0.233. The third kappa shape index (κ3) is 36.4. The predicted molar refractivity (Wildman–Crippen MR) is 370 cm³/mol. The molecule has 562 valence electrons. The number of Topliss-reactive ketones (excluding diaryl/α,β-unsaturated/α-hetero) is 1. The van der Waals surface area contributed by atoms with Crippen LogP contribution in [0.5, 0.6) is 0 Å². The molecule has 0 aromatic heterocycles. The second-order valence-electron chi connectivity index (χ2n) is 27.9. The molecule has 0 amide bonds. The highest BCUT2D eigenvalue weighted by Gasteiger charge is 2.46. The van der Waals surface area contributed by atoms with Crippen molar-refractivity contribution in [3.8, 4) is 0 Å². The van der Waals surface area contributed by atoms with Crippen LogP contribution in [0.15, 0.2) is 97.2 Å². The number of allylic oxidation sites excluding steroid dienone is 11. The molecule has 2 heterocycles. The second-order valence-corrected chi connectivity index (χ2v) is 27.9. The third-order valence-corrected chi connectivity index (χ3v) is 18.8. The van der Waals surface area contributed by atoms with Crippen molar-refractivity contribution in [3.05, 3.63) is 97.2 Å². The van der Waals surface area contributed by atoms with E-state index in [1.165, 1.54) is 12.2 Å². The molecule has 0 aromatic carbocycles. The van der Waals surface area contributed by atoms with Crippen LogP contribution < -0.4 is 0 Å². The summed E-state index contributed by atoms with van der Waals surface area (Å²) in [6, 6.07) is 0. The van der Waals surface area contributed by atoms with Crippen molar-refractivity contribution in [1.82, 2.24) is 0 Å². The van der Waals surface area contributed by atoms with Crippen LogP contribution in [0.1, 0.15) is 195 Å². The van der Waals surface area contributed by atoms with E-state index in [4.69, 9.17) is 14.6 Å². The Labute approximate surface area is 576 Å². The van der Waals surface area contributed by atoms with Gasteiger partial charge in [-0.15, -0.1) is 0 Å². The zero-order chi connectivity index (χ0) is 72.7. The summed E-state index contributed by atoms with van der Waals surface area (Å²) < 4.78 is 11.9. The van der Waals surface area contributed by atoms with Gasteiger partial charge in [0.25, 0.3) is 0 Å². The molecule has 2 fully saturated rings. The summed E-state index contributed by atoms with van der Waals surface area (Å²) >= 11 is 0. The van der Waals surface area contributed by atoms with Gasteiger partial charge in [-0.05, 0) is 152 Å². The van der Waals surface area contributed by atoms with Gasteiger partial charge in [-0.3, -0.25) is 4.79 Å². The Kier molecular flexibility index (Phi) is 46.4. The smallest absolute Gasteiger partial charge is 0.138 e. The standard InChI is InChI=1S/C74H128O23/c1-7-8-9-10-11-12-13-14-15-16-17-18-19-20-32-58(83)69(92)74-71(94)63(88)44-65(97-74)72(95)67(90)48(4)26-21-24-31-57(82)64-40-50(6)68(91)73(96-64)70(93)61(86)38-47(3)34-36-54(79)43-62(87)66(89)49(5)39-60(85)59(84)37-46(2)33-35-53(78)42-56(81)41-52(77)30-25-29-51(76)27-22-23-28-55(80)45-75/h7-9,12-17,20,32,38,46,49-55,57-80,82-95H,1,4,10-11,18-19,21-31,33-37,39-45H2,2-3,5-6H3/b9-8+,13-12+,15-14+,17-16+,32-20+,47-38+. The number of aliphatic hydroxyl groups excluding tert-OH is 20. The van der Waals surface area contributed by atoms with Gasteiger partial charge in [0.15, 0.2) is 0 Å². The molecule has 2 aliphatic heterocycles. The molecular formula is C74H128O23. The maximum atomic E-state index is 12.5. The summed E-state index contributed by atoms with van der Waals surface area (Å²) in [5.74, 6) is -1.63. The minimum atomic E-state index is -1.68. The van der Waals surface area contributed by atoms with E-state index in [9.17, 15) is 102 Å². The van der Waals surface area contributed by atoms with E-state index in [-0.39, 0.29) is 101 Å². The van der Waals surface area contributed by atoms with Crippen LogP contribution in [0.2, 0.25) is 0 Å². The van der Waals surface area contributed by atoms with E-state index in [1.807, 2.05) is 49.5 Å². The first-order chi connectivity index (χ1) is 45.9. The maximum absolute atomic E-state index is 12.5. The van der Waals surface area contributed by atoms with Crippen LogP contribution in [0.25, 0.3) is 0 Å². The summed E-state index contributed by atoms with van der Waals surface area (Å²) in [6.07, 6.45) is 0.875. The SMILES string of the molecule is C=C/C=C/CC/C=C/C=C/C=C/CC/C=C/C(O)C(O)C1OC(C(O)C(O)C(=C)CCCCC(O)C2CC(C)C(O)C(C(O)C(O)/C=C(\C)CCC(O)CC(O)C(O)C(C)CC(O)C(O)CC(C)CCC(O)CC(=O)CC(O)CCCC(O)CCCCC(O)CO)O2)CC(O)C1O. The molecule has 0 spiro atoms. The number of rotatable bonds is 53. The molecule has 0 aromatic rings. The molecule has 0 aliphatic carbocycles. The third-order valence-electron chi connectivity index (χ3n) is 18.8. The summed E-state index contributed by atoms with van der Waals surface area (Å²) in [4.78, 5) is 12.5. The highest BCUT2D eigenvalue weighted by Crippen LogP contribution is 2.33. The van der Waals surface area contributed by atoms with Gasteiger partial charge in [0.1, 0.15) is 60.7 Å². The number of carbonyl (C=O) groups is 1. The van der Waals surface area contributed by atoms with Crippen LogP contribution in [-0.4, -0.2) is 255 Å². The summed E-state index contributed by atoms with van der Waals surface area (Å²) in [5, 5.41) is 214. The normalized spacial score (nSPS) is 26.5. The molecule has 20 N–H and O–H groups in total. The lowest BCUT2D eigenvalue weighted by Crippen LogP contribution is -2.59. The highest BCUT2D eigenvalue weighted by atomic mass is 16.6. The Morgan fingerprint density at radius 1 is 0.526 bits per heavy atom. The van der Waals surface area contributed by atoms with Gasteiger partial charge in [-0.25, -0.2) is 0 Å². The van der Waals surface area contributed by atoms with Crippen molar-refractivity contribution >= 4 is 5.78 Å². The first kappa shape index (κ1) is 89.8. The summed E-state index contributed by atoms with van der Waals surface area (Å²) in [5.41, 5.74) is 0.769. The van der Waals surface area contributed by atoms with E-state index in [0.29, 0.717) is 82.6 Å². The zero-order valence-corrected chi connectivity index (χ0v) is 58.1. The first-order valence-corrected chi connectivity index (χ1v) is 35.6. The summed E-state index contributed by atoms with van der Waals surface area (Å²) in [7, 11) is 0. The van der Waals surface area contributed by atoms with Crippen LogP contribution in [0, 0.1) is 17.8 Å². The molecule has 26 unspecified atom stereocenters. The van der Waals surface area contributed by atoms with E-state index in [0.717, 1.165) is 12.8 Å². The molecule has 23 nitrogen and oxygen atoms in total. The first-order valence-electron chi connectivity index (χ1n) is 35.6. The minimum absolute atomic E-state index is 0.0798. The fraction of sp³-hybridized carbons (Fsp3) is 0.770. The van der Waals surface area contributed by atoms with E-state index >= 15 is 0 Å². The van der Waals surface area contributed by atoms with Gasteiger partial charge in [-0.1, -0.05) is 132 Å². The van der Waals surface area contributed by atoms with E-state index in [2.05, 4.69) is 19.2 Å². The van der Waals surface area contributed by atoms with Crippen molar-refractivity contribution in [2.75, 3.05) is 6.61 Å². The van der Waals surface area contributed by atoms with Gasteiger partial charge in [0.05, 0.1) is 92.1 Å². The average molecular weight is 1390 g/mol. The Balaban J connectivity index is 1.76. The van der Waals surface area contributed by atoms with Gasteiger partial charge in [-0.2, -0.15) is 0 Å². The summed E-state index contributed by atoms with van der Waals surface area (Å²) in [6.45, 7) is 14.1. The van der Waals surface area contributed by atoms with Crippen molar-refractivity contribution < 1.29 is 116 Å². The van der Waals surface area contributed by atoms with Crippen molar-refractivity contribution in [3.63, 3.8) is 0 Å². The molecule has 0 radical (unpaired) electrons. The van der Waals surface area contributed by atoms with Gasteiger partial charge in [0, 0.05) is 25.7 Å². The molecule has 23 heteroatoms.